The molecule has 6 heteroatoms. The molecule has 0 aromatic heterocycles. The number of nitrogens with one attached hydrogen (secondary N) is 1. The summed E-state index contributed by atoms with van der Waals surface area (Å²) >= 11 is 0. The van der Waals surface area contributed by atoms with Crippen molar-refractivity contribution in [2.45, 2.75) is 26.3 Å². The minimum absolute atomic E-state index is 0. The van der Waals surface area contributed by atoms with E-state index < -0.39 is 0 Å². The molecule has 0 heterocycles. The zero-order chi connectivity index (χ0) is 15.1. The molecule has 0 saturated carbocycles. The van der Waals surface area contributed by atoms with Gasteiger partial charge in [-0.15, -0.1) is 12.4 Å². The first-order valence-electron chi connectivity index (χ1n) is 6.74. The highest BCUT2D eigenvalue weighted by atomic mass is 35.5. The molecule has 0 aliphatic carbocycles. The summed E-state index contributed by atoms with van der Waals surface area (Å²) in [6.45, 7) is 4.62. The Balaban J connectivity index is 0.00000400. The largest absolute Gasteiger partial charge is 0.497 e. The van der Waals surface area contributed by atoms with Crippen LogP contribution >= 0.6 is 12.4 Å². The summed E-state index contributed by atoms with van der Waals surface area (Å²) in [5, 5.41) is 2.94. The normalized spacial score (nSPS) is 11.5. The van der Waals surface area contributed by atoms with Crippen LogP contribution < -0.4 is 20.5 Å². The lowest BCUT2D eigenvalue weighted by Crippen LogP contribution is -2.41. The van der Waals surface area contributed by atoms with Gasteiger partial charge in [-0.2, -0.15) is 0 Å². The van der Waals surface area contributed by atoms with E-state index in [1.165, 1.54) is 0 Å². The number of amides is 1. The fourth-order valence-electron chi connectivity index (χ4n) is 1.99. The number of benzene rings is 1. The van der Waals surface area contributed by atoms with Crippen molar-refractivity contribution in [3.63, 3.8) is 0 Å². The van der Waals surface area contributed by atoms with Gasteiger partial charge in [-0.1, -0.05) is 13.8 Å². The highest BCUT2D eigenvalue weighted by Crippen LogP contribution is 2.22. The monoisotopic (exact) mass is 316 g/mol. The highest BCUT2D eigenvalue weighted by Gasteiger charge is 2.15. The predicted molar refractivity (Wildman–Crippen MR) is 86.6 cm³/mol. The third kappa shape index (κ3) is 6.23. The molecule has 0 radical (unpaired) electrons. The van der Waals surface area contributed by atoms with E-state index in [1.54, 1.807) is 32.4 Å². The van der Waals surface area contributed by atoms with Gasteiger partial charge in [-0.3, -0.25) is 4.79 Å². The summed E-state index contributed by atoms with van der Waals surface area (Å²) < 4.78 is 10.3. The van der Waals surface area contributed by atoms with Crippen LogP contribution in [0.25, 0.3) is 0 Å². The van der Waals surface area contributed by atoms with Crippen LogP contribution in [0.4, 0.5) is 0 Å². The van der Waals surface area contributed by atoms with Gasteiger partial charge < -0.3 is 20.5 Å². The SMILES string of the molecule is COc1cc(OC)cc(C(=O)NC(CN)CC(C)C)c1.Cl. The average molecular weight is 317 g/mol. The number of ether oxygens (including phenoxy) is 2. The summed E-state index contributed by atoms with van der Waals surface area (Å²) in [6.07, 6.45) is 0.851. The Hall–Kier alpha value is -1.46. The van der Waals surface area contributed by atoms with E-state index in [0.717, 1.165) is 6.42 Å². The van der Waals surface area contributed by atoms with Crippen molar-refractivity contribution in [1.29, 1.82) is 0 Å². The molecule has 1 atom stereocenters. The Morgan fingerprint density at radius 3 is 2.10 bits per heavy atom. The van der Waals surface area contributed by atoms with Gasteiger partial charge in [-0.25, -0.2) is 0 Å². The van der Waals surface area contributed by atoms with Crippen molar-refractivity contribution in [3.05, 3.63) is 23.8 Å². The third-order valence-corrected chi connectivity index (χ3v) is 2.99. The van der Waals surface area contributed by atoms with E-state index in [4.69, 9.17) is 15.2 Å². The molecule has 1 rings (SSSR count). The zero-order valence-electron chi connectivity index (χ0n) is 13.0. The molecule has 5 nitrogen and oxygen atoms in total. The quantitative estimate of drug-likeness (QED) is 0.809. The zero-order valence-corrected chi connectivity index (χ0v) is 13.8. The standard InChI is InChI=1S/C15H24N2O3.ClH/c1-10(2)5-12(9-16)17-15(18)11-6-13(19-3)8-14(7-11)20-4;/h6-8,10,12H,5,9,16H2,1-4H3,(H,17,18);1H. The van der Waals surface area contributed by atoms with Crippen molar-refractivity contribution in [2.75, 3.05) is 20.8 Å². The van der Waals surface area contributed by atoms with Crippen LogP contribution in [0.2, 0.25) is 0 Å². The molecule has 0 aliphatic heterocycles. The number of methoxy groups -OCH3 is 2. The van der Waals surface area contributed by atoms with E-state index in [2.05, 4.69) is 19.2 Å². The van der Waals surface area contributed by atoms with Crippen molar-refractivity contribution in [1.82, 2.24) is 5.32 Å². The molecule has 0 fully saturated rings. The van der Waals surface area contributed by atoms with Crippen LogP contribution in [-0.4, -0.2) is 32.7 Å². The van der Waals surface area contributed by atoms with Crippen LogP contribution in [0.5, 0.6) is 11.5 Å². The van der Waals surface area contributed by atoms with Gasteiger partial charge >= 0.3 is 0 Å². The number of hydrogen-bond donors (Lipinski definition) is 2. The lowest BCUT2D eigenvalue weighted by atomic mass is 10.0. The second-order valence-electron chi connectivity index (χ2n) is 5.14. The maximum absolute atomic E-state index is 12.3. The number of rotatable bonds is 7. The molecule has 0 aliphatic rings. The molecule has 0 bridgehead atoms. The molecule has 0 saturated heterocycles. The van der Waals surface area contributed by atoms with E-state index in [-0.39, 0.29) is 24.4 Å². The Morgan fingerprint density at radius 1 is 1.19 bits per heavy atom. The molecule has 120 valence electrons. The van der Waals surface area contributed by atoms with Crippen molar-refractivity contribution in [2.24, 2.45) is 11.7 Å². The molecule has 0 spiro atoms. The Labute approximate surface area is 132 Å². The van der Waals surface area contributed by atoms with Crippen LogP contribution in [0.15, 0.2) is 18.2 Å². The topological polar surface area (TPSA) is 73.6 Å². The van der Waals surface area contributed by atoms with Crippen molar-refractivity contribution < 1.29 is 14.3 Å². The summed E-state index contributed by atoms with van der Waals surface area (Å²) in [5.41, 5.74) is 6.20. The number of nitrogens with two attached hydrogens (primary N) is 1. The first-order chi connectivity index (χ1) is 9.49. The van der Waals surface area contributed by atoms with E-state index in [0.29, 0.717) is 29.5 Å². The lowest BCUT2D eigenvalue weighted by molar-refractivity contribution is 0.0933. The van der Waals surface area contributed by atoms with Crippen molar-refractivity contribution in [3.8, 4) is 11.5 Å². The minimum atomic E-state index is -0.168. The van der Waals surface area contributed by atoms with Gasteiger partial charge in [-0.05, 0) is 24.5 Å². The van der Waals surface area contributed by atoms with Crippen LogP contribution in [0.1, 0.15) is 30.6 Å². The molecule has 21 heavy (non-hydrogen) atoms. The molecule has 1 aromatic carbocycles. The maximum Gasteiger partial charge on any atom is 0.251 e. The van der Waals surface area contributed by atoms with Gasteiger partial charge in [0.1, 0.15) is 11.5 Å². The third-order valence-electron chi connectivity index (χ3n) is 2.99. The number of halogens is 1. The van der Waals surface area contributed by atoms with Crippen LogP contribution in [0.3, 0.4) is 0 Å². The number of hydrogen-bond acceptors (Lipinski definition) is 4. The maximum atomic E-state index is 12.3. The Kier molecular flexibility index (Phi) is 8.81. The van der Waals surface area contributed by atoms with E-state index >= 15 is 0 Å². The molecular formula is C15H25ClN2O3. The lowest BCUT2D eigenvalue weighted by Gasteiger charge is -2.19. The second-order valence-corrected chi connectivity index (χ2v) is 5.14. The van der Waals surface area contributed by atoms with Gasteiger partial charge in [0.15, 0.2) is 0 Å². The Bertz CT molecular complexity index is 430. The number of carbonyl (C=O) groups is 1. The molecular weight excluding hydrogens is 292 g/mol. The minimum Gasteiger partial charge on any atom is -0.497 e. The van der Waals surface area contributed by atoms with Gasteiger partial charge in [0.05, 0.1) is 14.2 Å². The molecule has 1 amide bonds. The first kappa shape index (κ1) is 19.5. The first-order valence-corrected chi connectivity index (χ1v) is 6.74. The average Bonchev–Trinajstić information content (AvgIpc) is 2.45. The summed E-state index contributed by atoms with van der Waals surface area (Å²) in [6, 6.07) is 5.06. The molecule has 1 aromatic rings. The molecule has 3 N–H and O–H groups in total. The van der Waals surface area contributed by atoms with Gasteiger partial charge in [0.25, 0.3) is 5.91 Å². The fraction of sp³-hybridized carbons (Fsp3) is 0.533. The summed E-state index contributed by atoms with van der Waals surface area (Å²) in [4.78, 5) is 12.3. The van der Waals surface area contributed by atoms with E-state index in [9.17, 15) is 4.79 Å². The summed E-state index contributed by atoms with van der Waals surface area (Å²) in [5.74, 6) is 1.48. The van der Waals surface area contributed by atoms with Gasteiger partial charge in [0.2, 0.25) is 0 Å². The number of carbonyl (C=O) groups excluding carboxylic acids is 1. The predicted octanol–water partition coefficient (Wildman–Crippen LogP) is 2.23. The smallest absolute Gasteiger partial charge is 0.251 e. The van der Waals surface area contributed by atoms with Crippen LogP contribution in [-0.2, 0) is 0 Å². The van der Waals surface area contributed by atoms with Crippen molar-refractivity contribution >= 4 is 18.3 Å². The molecule has 1 unspecified atom stereocenters. The highest BCUT2D eigenvalue weighted by molar-refractivity contribution is 5.95. The van der Waals surface area contributed by atoms with E-state index in [1.807, 2.05) is 0 Å². The second kappa shape index (κ2) is 9.47. The Morgan fingerprint density at radius 2 is 1.71 bits per heavy atom. The summed E-state index contributed by atoms with van der Waals surface area (Å²) in [7, 11) is 3.11. The van der Waals surface area contributed by atoms with Crippen LogP contribution in [0, 0.1) is 5.92 Å². The van der Waals surface area contributed by atoms with Gasteiger partial charge in [0, 0.05) is 24.2 Å². The fourth-order valence-corrected chi connectivity index (χ4v) is 1.99.